The lowest BCUT2D eigenvalue weighted by atomic mass is 9.93. The van der Waals surface area contributed by atoms with Gasteiger partial charge in [0, 0.05) is 0 Å². The van der Waals surface area contributed by atoms with E-state index in [1.165, 1.54) is 7.11 Å². The Balaban J connectivity index is 4.26. The van der Waals surface area contributed by atoms with Crippen LogP contribution in [0.3, 0.4) is 0 Å². The van der Waals surface area contributed by atoms with E-state index in [0.29, 0.717) is 0 Å². The summed E-state index contributed by atoms with van der Waals surface area (Å²) < 4.78 is 26.3. The fourth-order valence-electron chi connectivity index (χ4n) is 0.640. The zero-order valence-corrected chi connectivity index (χ0v) is 8.36. The van der Waals surface area contributed by atoms with Gasteiger partial charge in [-0.2, -0.15) is 8.42 Å². The van der Waals surface area contributed by atoms with Crippen LogP contribution in [0.15, 0.2) is 0 Å². The second kappa shape index (κ2) is 3.54. The van der Waals surface area contributed by atoms with Crippen LogP contribution in [0, 0.1) is 5.41 Å². The molecule has 68 valence electrons. The monoisotopic (exact) mass is 180 g/mol. The van der Waals surface area contributed by atoms with Gasteiger partial charge in [0.25, 0.3) is 10.1 Å². The number of hydrogen-bond acceptors (Lipinski definition) is 3. The second-order valence-corrected chi connectivity index (χ2v) is 5.12. The van der Waals surface area contributed by atoms with Gasteiger partial charge in [0.2, 0.25) is 0 Å². The molecule has 0 saturated heterocycles. The Kier molecular flexibility index (Phi) is 3.51. The first-order valence-electron chi connectivity index (χ1n) is 3.61. The Morgan fingerprint density at radius 1 is 1.36 bits per heavy atom. The first-order chi connectivity index (χ1) is 4.83. The van der Waals surface area contributed by atoms with Crippen LogP contribution in [-0.4, -0.2) is 21.3 Å². The molecule has 0 heterocycles. The van der Waals surface area contributed by atoms with Gasteiger partial charge in [-0.15, -0.1) is 0 Å². The Labute approximate surface area is 68.9 Å². The van der Waals surface area contributed by atoms with E-state index in [1.54, 1.807) is 0 Å². The van der Waals surface area contributed by atoms with Crippen molar-refractivity contribution in [2.24, 2.45) is 5.41 Å². The van der Waals surface area contributed by atoms with Crippen molar-refractivity contribution in [2.75, 3.05) is 12.9 Å². The van der Waals surface area contributed by atoms with E-state index < -0.39 is 10.1 Å². The zero-order chi connectivity index (χ0) is 9.12. The Bertz CT molecular complexity index is 204. The predicted molar refractivity (Wildman–Crippen MR) is 44.9 cm³/mol. The van der Waals surface area contributed by atoms with Gasteiger partial charge in [0.05, 0.1) is 12.9 Å². The molecule has 0 rings (SSSR count). The number of rotatable bonds is 4. The Morgan fingerprint density at radius 2 is 1.82 bits per heavy atom. The van der Waals surface area contributed by atoms with Gasteiger partial charge >= 0.3 is 0 Å². The van der Waals surface area contributed by atoms with E-state index in [1.807, 2.05) is 20.8 Å². The topological polar surface area (TPSA) is 43.4 Å². The minimum atomic E-state index is -3.29. The largest absolute Gasteiger partial charge is 0.273 e. The standard InChI is InChI=1S/C7H16O3S/c1-5-7(2,3)6-11(8,9)10-4/h5-6H2,1-4H3. The lowest BCUT2D eigenvalue weighted by molar-refractivity contribution is 0.350. The van der Waals surface area contributed by atoms with Crippen LogP contribution in [-0.2, 0) is 14.3 Å². The number of hydrogen-bond donors (Lipinski definition) is 0. The smallest absolute Gasteiger partial charge is 0.267 e. The fraction of sp³-hybridized carbons (Fsp3) is 1.00. The van der Waals surface area contributed by atoms with Crippen molar-refractivity contribution in [2.45, 2.75) is 27.2 Å². The van der Waals surface area contributed by atoms with E-state index in [2.05, 4.69) is 4.18 Å². The summed E-state index contributed by atoms with van der Waals surface area (Å²) in [6.07, 6.45) is 0.829. The summed E-state index contributed by atoms with van der Waals surface area (Å²) in [5, 5.41) is 0. The van der Waals surface area contributed by atoms with E-state index in [-0.39, 0.29) is 11.2 Å². The third-order valence-electron chi connectivity index (χ3n) is 1.78. The summed E-state index contributed by atoms with van der Waals surface area (Å²) in [6.45, 7) is 5.78. The maximum atomic E-state index is 11.0. The molecule has 0 aromatic rings. The minimum absolute atomic E-state index is 0.0903. The molecule has 0 aliphatic carbocycles. The summed E-state index contributed by atoms with van der Waals surface area (Å²) in [5.74, 6) is 0.0903. The summed E-state index contributed by atoms with van der Waals surface area (Å²) in [7, 11) is -2.09. The molecule has 0 N–H and O–H groups in total. The second-order valence-electron chi connectivity index (χ2n) is 3.39. The van der Waals surface area contributed by atoms with Gasteiger partial charge < -0.3 is 0 Å². The van der Waals surface area contributed by atoms with Gasteiger partial charge in [-0.05, 0) is 11.8 Å². The fourth-order valence-corrected chi connectivity index (χ4v) is 1.92. The summed E-state index contributed by atoms with van der Waals surface area (Å²) in [4.78, 5) is 0. The lowest BCUT2D eigenvalue weighted by Gasteiger charge is -2.20. The van der Waals surface area contributed by atoms with Crippen LogP contribution in [0.4, 0.5) is 0 Å². The predicted octanol–water partition coefficient (Wildman–Crippen LogP) is 1.40. The zero-order valence-electron chi connectivity index (χ0n) is 7.55. The Hall–Kier alpha value is -0.0900. The van der Waals surface area contributed by atoms with Crippen molar-refractivity contribution in [3.8, 4) is 0 Å². The first-order valence-corrected chi connectivity index (χ1v) is 5.19. The van der Waals surface area contributed by atoms with Crippen molar-refractivity contribution < 1.29 is 12.6 Å². The molecule has 3 nitrogen and oxygen atoms in total. The first kappa shape index (κ1) is 10.9. The van der Waals surface area contributed by atoms with Crippen molar-refractivity contribution in [3.63, 3.8) is 0 Å². The van der Waals surface area contributed by atoms with E-state index in [4.69, 9.17) is 0 Å². The van der Waals surface area contributed by atoms with Gasteiger partial charge in [-0.1, -0.05) is 20.8 Å². The van der Waals surface area contributed by atoms with Crippen LogP contribution < -0.4 is 0 Å². The normalized spacial score (nSPS) is 13.5. The summed E-state index contributed by atoms with van der Waals surface area (Å²) in [5.41, 5.74) is -0.186. The maximum absolute atomic E-state index is 11.0. The molecule has 0 aromatic carbocycles. The average Bonchev–Trinajstić information content (AvgIpc) is 1.86. The Morgan fingerprint density at radius 3 is 2.09 bits per heavy atom. The summed E-state index contributed by atoms with van der Waals surface area (Å²) in [6, 6.07) is 0. The van der Waals surface area contributed by atoms with Crippen LogP contribution >= 0.6 is 0 Å². The maximum Gasteiger partial charge on any atom is 0.267 e. The third-order valence-corrected chi connectivity index (χ3v) is 3.42. The van der Waals surface area contributed by atoms with Crippen molar-refractivity contribution in [1.29, 1.82) is 0 Å². The molecule has 0 bridgehead atoms. The highest BCUT2D eigenvalue weighted by Gasteiger charge is 2.23. The molecule has 0 aliphatic rings. The van der Waals surface area contributed by atoms with Crippen molar-refractivity contribution in [3.05, 3.63) is 0 Å². The average molecular weight is 180 g/mol. The van der Waals surface area contributed by atoms with Gasteiger partial charge in [0.15, 0.2) is 0 Å². The van der Waals surface area contributed by atoms with Crippen LogP contribution in [0.2, 0.25) is 0 Å². The molecule has 0 radical (unpaired) electrons. The lowest BCUT2D eigenvalue weighted by Crippen LogP contribution is -2.23. The van der Waals surface area contributed by atoms with Crippen molar-refractivity contribution in [1.82, 2.24) is 0 Å². The molecular formula is C7H16O3S. The molecule has 0 unspecified atom stereocenters. The van der Waals surface area contributed by atoms with Crippen LogP contribution in [0.5, 0.6) is 0 Å². The molecular weight excluding hydrogens is 164 g/mol. The molecule has 0 fully saturated rings. The van der Waals surface area contributed by atoms with Gasteiger partial charge in [-0.3, -0.25) is 4.18 Å². The molecule has 0 spiro atoms. The van der Waals surface area contributed by atoms with Gasteiger partial charge in [-0.25, -0.2) is 0 Å². The highest BCUT2D eigenvalue weighted by atomic mass is 32.2. The molecule has 0 saturated carbocycles. The SMILES string of the molecule is CCC(C)(C)CS(=O)(=O)OC. The van der Waals surface area contributed by atoms with E-state index in [9.17, 15) is 8.42 Å². The highest BCUT2D eigenvalue weighted by molar-refractivity contribution is 7.86. The summed E-state index contributed by atoms with van der Waals surface area (Å²) >= 11 is 0. The quantitative estimate of drug-likeness (QED) is 0.614. The van der Waals surface area contributed by atoms with Crippen LogP contribution in [0.1, 0.15) is 27.2 Å². The van der Waals surface area contributed by atoms with E-state index >= 15 is 0 Å². The molecule has 0 aliphatic heterocycles. The molecule has 0 atom stereocenters. The van der Waals surface area contributed by atoms with E-state index in [0.717, 1.165) is 6.42 Å². The van der Waals surface area contributed by atoms with Crippen molar-refractivity contribution >= 4 is 10.1 Å². The minimum Gasteiger partial charge on any atom is -0.273 e. The molecule has 0 amide bonds. The van der Waals surface area contributed by atoms with Gasteiger partial charge in [0.1, 0.15) is 0 Å². The molecule has 4 heteroatoms. The third kappa shape index (κ3) is 4.37. The van der Waals surface area contributed by atoms with Crippen LogP contribution in [0.25, 0.3) is 0 Å². The highest BCUT2D eigenvalue weighted by Crippen LogP contribution is 2.22. The molecule has 0 aromatic heterocycles. The molecule has 11 heavy (non-hydrogen) atoms.